The van der Waals surface area contributed by atoms with Crippen molar-refractivity contribution in [1.82, 2.24) is 5.32 Å². The molecule has 0 aromatic carbocycles. The summed E-state index contributed by atoms with van der Waals surface area (Å²) in [5.74, 6) is 1.54. The van der Waals surface area contributed by atoms with E-state index in [4.69, 9.17) is 5.73 Å². The fourth-order valence-corrected chi connectivity index (χ4v) is 3.32. The highest BCUT2D eigenvalue weighted by atomic mass is 32.1. The zero-order chi connectivity index (χ0) is 13.1. The number of nitrogens with two attached hydrogens (primary N) is 1. The molecule has 0 bridgehead atoms. The van der Waals surface area contributed by atoms with Crippen LogP contribution < -0.4 is 11.1 Å². The van der Waals surface area contributed by atoms with E-state index in [1.807, 2.05) is 6.92 Å². The van der Waals surface area contributed by atoms with Crippen LogP contribution in [0.2, 0.25) is 0 Å². The van der Waals surface area contributed by atoms with Gasteiger partial charge in [-0.3, -0.25) is 4.79 Å². The zero-order valence-electron chi connectivity index (χ0n) is 11.2. The van der Waals surface area contributed by atoms with Gasteiger partial charge in [0.05, 0.1) is 4.88 Å². The third kappa shape index (κ3) is 3.25. The lowest BCUT2D eigenvalue weighted by atomic mass is 9.83. The van der Waals surface area contributed by atoms with Crippen LogP contribution in [-0.4, -0.2) is 12.5 Å². The van der Waals surface area contributed by atoms with Gasteiger partial charge < -0.3 is 11.1 Å². The minimum Gasteiger partial charge on any atom is -0.398 e. The molecule has 1 heterocycles. The Kier molecular flexibility index (Phi) is 4.27. The van der Waals surface area contributed by atoms with Gasteiger partial charge in [-0.1, -0.05) is 19.8 Å². The van der Waals surface area contributed by atoms with E-state index in [-0.39, 0.29) is 5.91 Å². The van der Waals surface area contributed by atoms with Crippen LogP contribution >= 0.6 is 11.3 Å². The first-order valence-electron chi connectivity index (χ1n) is 6.70. The molecule has 4 heteroatoms. The molecule has 1 aliphatic rings. The second-order valence-corrected chi connectivity index (χ2v) is 6.71. The van der Waals surface area contributed by atoms with Crippen LogP contribution in [0.3, 0.4) is 0 Å². The molecule has 0 aliphatic heterocycles. The fourth-order valence-electron chi connectivity index (χ4n) is 2.47. The van der Waals surface area contributed by atoms with Crippen LogP contribution in [0.1, 0.15) is 47.2 Å². The second-order valence-electron chi connectivity index (χ2n) is 5.46. The van der Waals surface area contributed by atoms with Crippen LogP contribution in [0, 0.1) is 18.8 Å². The van der Waals surface area contributed by atoms with Crippen molar-refractivity contribution in [2.45, 2.75) is 39.5 Å². The van der Waals surface area contributed by atoms with Crippen molar-refractivity contribution in [3.8, 4) is 0 Å². The second kappa shape index (κ2) is 5.74. The number of aryl methyl sites for hydroxylation is 1. The average Bonchev–Trinajstić information content (AvgIpc) is 2.69. The fraction of sp³-hybridized carbons (Fsp3) is 0.643. The van der Waals surface area contributed by atoms with Crippen molar-refractivity contribution in [2.75, 3.05) is 12.3 Å². The summed E-state index contributed by atoms with van der Waals surface area (Å²) in [6.45, 7) is 5.06. The van der Waals surface area contributed by atoms with Crippen molar-refractivity contribution < 1.29 is 4.79 Å². The van der Waals surface area contributed by atoms with Gasteiger partial charge in [0, 0.05) is 17.1 Å². The quantitative estimate of drug-likeness (QED) is 0.882. The molecule has 1 aliphatic carbocycles. The molecule has 1 aromatic rings. The molecule has 1 amide bonds. The van der Waals surface area contributed by atoms with Gasteiger partial charge in [0.25, 0.3) is 5.91 Å². The number of nitrogen functional groups attached to an aromatic ring is 1. The van der Waals surface area contributed by atoms with E-state index in [1.54, 1.807) is 6.07 Å². The SMILES string of the molecule is Cc1sc(C(=O)NCC2CCC(C)CC2)cc1N. The molecular weight excluding hydrogens is 244 g/mol. The Bertz CT molecular complexity index is 400. The third-order valence-electron chi connectivity index (χ3n) is 3.87. The van der Waals surface area contributed by atoms with Gasteiger partial charge in [-0.05, 0) is 37.7 Å². The topological polar surface area (TPSA) is 55.1 Å². The van der Waals surface area contributed by atoms with Crippen molar-refractivity contribution >= 4 is 22.9 Å². The van der Waals surface area contributed by atoms with E-state index in [0.717, 1.165) is 27.9 Å². The number of rotatable bonds is 3. The molecule has 0 atom stereocenters. The molecule has 0 spiro atoms. The Balaban J connectivity index is 1.81. The monoisotopic (exact) mass is 266 g/mol. The van der Waals surface area contributed by atoms with Crippen LogP contribution in [-0.2, 0) is 0 Å². The summed E-state index contributed by atoms with van der Waals surface area (Å²) >= 11 is 1.47. The Labute approximate surface area is 113 Å². The standard InChI is InChI=1S/C14H22N2OS/c1-9-3-5-11(6-4-9)8-16-14(17)13-7-12(15)10(2)18-13/h7,9,11H,3-6,8,15H2,1-2H3,(H,16,17). The Morgan fingerprint density at radius 1 is 1.44 bits per heavy atom. The normalized spacial score (nSPS) is 23.9. The maximum absolute atomic E-state index is 12.0. The molecule has 1 saturated carbocycles. The summed E-state index contributed by atoms with van der Waals surface area (Å²) in [5.41, 5.74) is 6.48. The number of hydrogen-bond donors (Lipinski definition) is 2. The number of carbonyl (C=O) groups excluding carboxylic acids is 1. The minimum atomic E-state index is 0.0263. The first-order valence-corrected chi connectivity index (χ1v) is 7.52. The highest BCUT2D eigenvalue weighted by molar-refractivity contribution is 7.14. The molecule has 3 nitrogen and oxygen atoms in total. The first-order chi connectivity index (χ1) is 8.56. The number of amides is 1. The van der Waals surface area contributed by atoms with Crippen molar-refractivity contribution in [2.24, 2.45) is 11.8 Å². The molecule has 1 fully saturated rings. The van der Waals surface area contributed by atoms with Crippen LogP contribution in [0.4, 0.5) is 5.69 Å². The van der Waals surface area contributed by atoms with Crippen LogP contribution in [0.25, 0.3) is 0 Å². The molecule has 100 valence electrons. The molecule has 18 heavy (non-hydrogen) atoms. The third-order valence-corrected chi connectivity index (χ3v) is 4.93. The lowest BCUT2D eigenvalue weighted by molar-refractivity contribution is 0.0946. The number of anilines is 1. The van der Waals surface area contributed by atoms with Crippen molar-refractivity contribution in [1.29, 1.82) is 0 Å². The molecule has 0 saturated heterocycles. The Hall–Kier alpha value is -1.03. The smallest absolute Gasteiger partial charge is 0.261 e. The van der Waals surface area contributed by atoms with Crippen molar-refractivity contribution in [3.05, 3.63) is 15.8 Å². The zero-order valence-corrected chi connectivity index (χ0v) is 12.0. The summed E-state index contributed by atoms with van der Waals surface area (Å²) in [6.07, 6.45) is 5.08. The van der Waals surface area contributed by atoms with E-state index in [9.17, 15) is 4.79 Å². The maximum Gasteiger partial charge on any atom is 0.261 e. The van der Waals surface area contributed by atoms with E-state index in [2.05, 4.69) is 12.2 Å². The minimum absolute atomic E-state index is 0.0263. The molecule has 0 unspecified atom stereocenters. The summed E-state index contributed by atoms with van der Waals surface area (Å²) < 4.78 is 0. The lowest BCUT2D eigenvalue weighted by Gasteiger charge is -2.26. The highest BCUT2D eigenvalue weighted by Gasteiger charge is 2.19. The van der Waals surface area contributed by atoms with Gasteiger partial charge >= 0.3 is 0 Å². The summed E-state index contributed by atoms with van der Waals surface area (Å²) in [6, 6.07) is 1.78. The number of nitrogens with one attached hydrogen (secondary N) is 1. The molecular formula is C14H22N2OS. The maximum atomic E-state index is 12.0. The molecule has 3 N–H and O–H groups in total. The average molecular weight is 266 g/mol. The summed E-state index contributed by atoms with van der Waals surface area (Å²) in [5, 5.41) is 3.04. The molecule has 1 aromatic heterocycles. The van der Waals surface area contributed by atoms with Gasteiger partial charge in [0.15, 0.2) is 0 Å². The van der Waals surface area contributed by atoms with Gasteiger partial charge in [0.2, 0.25) is 0 Å². The van der Waals surface area contributed by atoms with Gasteiger partial charge in [-0.25, -0.2) is 0 Å². The summed E-state index contributed by atoms with van der Waals surface area (Å²) in [7, 11) is 0. The van der Waals surface area contributed by atoms with Crippen LogP contribution in [0.5, 0.6) is 0 Å². The largest absolute Gasteiger partial charge is 0.398 e. The lowest BCUT2D eigenvalue weighted by Crippen LogP contribution is -2.30. The van der Waals surface area contributed by atoms with Gasteiger partial charge in [0.1, 0.15) is 0 Å². The highest BCUT2D eigenvalue weighted by Crippen LogP contribution is 2.28. The number of carbonyl (C=O) groups is 1. The molecule has 0 radical (unpaired) electrons. The van der Waals surface area contributed by atoms with E-state index in [0.29, 0.717) is 5.92 Å². The van der Waals surface area contributed by atoms with Crippen LogP contribution in [0.15, 0.2) is 6.07 Å². The predicted octanol–water partition coefficient (Wildman–Crippen LogP) is 3.19. The number of hydrogen-bond acceptors (Lipinski definition) is 3. The van der Waals surface area contributed by atoms with Gasteiger partial charge in [-0.2, -0.15) is 0 Å². The molecule has 2 rings (SSSR count). The number of thiophene rings is 1. The van der Waals surface area contributed by atoms with Crippen molar-refractivity contribution in [3.63, 3.8) is 0 Å². The van der Waals surface area contributed by atoms with E-state index in [1.165, 1.54) is 37.0 Å². The van der Waals surface area contributed by atoms with Gasteiger partial charge in [-0.15, -0.1) is 11.3 Å². The Morgan fingerprint density at radius 2 is 2.11 bits per heavy atom. The summed E-state index contributed by atoms with van der Waals surface area (Å²) in [4.78, 5) is 13.7. The Morgan fingerprint density at radius 3 is 2.67 bits per heavy atom. The van der Waals surface area contributed by atoms with E-state index >= 15 is 0 Å². The van der Waals surface area contributed by atoms with E-state index < -0.39 is 0 Å². The predicted molar refractivity (Wildman–Crippen MR) is 76.9 cm³/mol. The first kappa shape index (κ1) is 13.4.